The first-order valence-corrected chi connectivity index (χ1v) is 10.2. The van der Waals surface area contributed by atoms with Crippen molar-refractivity contribution < 1.29 is 29.0 Å². The minimum Gasteiger partial charge on any atom is -0.466 e. The Morgan fingerprint density at radius 3 is 2.39 bits per heavy atom. The minimum atomic E-state index is -1.18. The Bertz CT molecular complexity index is 701. The van der Waals surface area contributed by atoms with E-state index in [1.165, 1.54) is 14.2 Å². The van der Waals surface area contributed by atoms with Crippen molar-refractivity contribution in [1.29, 1.82) is 0 Å². The molecule has 2 fully saturated rings. The van der Waals surface area contributed by atoms with E-state index in [0.717, 1.165) is 32.1 Å². The Balaban J connectivity index is 2.24. The van der Waals surface area contributed by atoms with E-state index < -0.39 is 23.0 Å². The molecule has 1 N–H and O–H groups in total. The number of hydrogen-bond donors (Lipinski definition) is 1. The monoisotopic (exact) mass is 393 g/mol. The first kappa shape index (κ1) is 20.8. The normalized spacial score (nSPS) is 36.4. The molecule has 28 heavy (non-hydrogen) atoms. The number of methoxy groups -OCH3 is 2. The molecule has 0 amide bonds. The lowest BCUT2D eigenvalue weighted by molar-refractivity contribution is -0.180. The van der Waals surface area contributed by atoms with Crippen molar-refractivity contribution in [2.24, 2.45) is 11.3 Å². The zero-order valence-corrected chi connectivity index (χ0v) is 17.1. The molecule has 0 aromatic carbocycles. The Kier molecular flexibility index (Phi) is 5.84. The van der Waals surface area contributed by atoms with E-state index >= 15 is 0 Å². The van der Waals surface area contributed by atoms with Gasteiger partial charge in [-0.2, -0.15) is 0 Å². The van der Waals surface area contributed by atoms with Gasteiger partial charge in [0, 0.05) is 25.9 Å². The molecule has 3 rings (SSSR count). The molecule has 7 nitrogen and oxygen atoms in total. The highest BCUT2D eigenvalue weighted by Gasteiger charge is 2.61. The minimum absolute atomic E-state index is 0.00308. The van der Waals surface area contributed by atoms with E-state index in [4.69, 9.17) is 9.47 Å². The van der Waals surface area contributed by atoms with Gasteiger partial charge in [0.15, 0.2) is 0 Å². The Morgan fingerprint density at radius 1 is 1.07 bits per heavy atom. The molecule has 0 aromatic heterocycles. The van der Waals surface area contributed by atoms with Crippen LogP contribution in [0.1, 0.15) is 57.8 Å². The summed E-state index contributed by atoms with van der Waals surface area (Å²) in [6, 6.07) is 0. The van der Waals surface area contributed by atoms with E-state index in [2.05, 4.69) is 0 Å². The van der Waals surface area contributed by atoms with E-state index in [1.54, 1.807) is 11.9 Å². The number of rotatable bonds is 2. The quantitative estimate of drug-likeness (QED) is 0.717. The standard InChI is InChI=1S/C21H31NO6/c1-22-13-14-8-4-7-11-21(14,26)20(10-6-5-9-16(20)23)12-15(18(24)27-2)17(22)19(25)28-3/h14,26H,4-13H2,1-3H3/b17-15+. The van der Waals surface area contributed by atoms with E-state index in [9.17, 15) is 19.5 Å². The number of Topliss-reactive ketones (excluding diaryl/α,β-unsaturated/α-hetero) is 1. The fourth-order valence-corrected chi connectivity index (χ4v) is 5.69. The van der Waals surface area contributed by atoms with Gasteiger partial charge in [0.05, 0.1) is 30.8 Å². The summed E-state index contributed by atoms with van der Waals surface area (Å²) in [6.45, 7) is 0.385. The largest absolute Gasteiger partial charge is 0.466 e. The highest BCUT2D eigenvalue weighted by Crippen LogP contribution is 2.56. The number of hydrogen-bond acceptors (Lipinski definition) is 7. The van der Waals surface area contributed by atoms with Crippen molar-refractivity contribution in [1.82, 2.24) is 4.90 Å². The van der Waals surface area contributed by atoms with Crippen LogP contribution in [-0.2, 0) is 23.9 Å². The fourth-order valence-electron chi connectivity index (χ4n) is 5.69. The molecule has 0 aromatic rings. The van der Waals surface area contributed by atoms with Crippen LogP contribution < -0.4 is 0 Å². The van der Waals surface area contributed by atoms with Crippen molar-refractivity contribution in [2.45, 2.75) is 63.4 Å². The molecule has 2 saturated carbocycles. The molecule has 3 unspecified atom stereocenters. The molecule has 0 saturated heterocycles. The predicted octanol–water partition coefficient (Wildman–Crippen LogP) is 1.97. The van der Waals surface area contributed by atoms with Gasteiger partial charge in [0.25, 0.3) is 0 Å². The second-order valence-electron chi connectivity index (χ2n) is 8.45. The summed E-state index contributed by atoms with van der Waals surface area (Å²) in [5, 5.41) is 12.0. The van der Waals surface area contributed by atoms with Crippen molar-refractivity contribution in [3.05, 3.63) is 11.3 Å². The third kappa shape index (κ3) is 3.13. The van der Waals surface area contributed by atoms with Gasteiger partial charge < -0.3 is 19.5 Å². The van der Waals surface area contributed by atoms with Crippen molar-refractivity contribution in [3.63, 3.8) is 0 Å². The highest BCUT2D eigenvalue weighted by atomic mass is 16.5. The molecule has 3 atom stereocenters. The number of ether oxygens (including phenoxy) is 2. The summed E-state index contributed by atoms with van der Waals surface area (Å²) in [5.41, 5.74) is -1.97. The molecular formula is C21H31NO6. The van der Waals surface area contributed by atoms with Gasteiger partial charge in [-0.1, -0.05) is 19.3 Å². The zero-order valence-electron chi connectivity index (χ0n) is 17.1. The molecule has 0 bridgehead atoms. The summed E-state index contributed by atoms with van der Waals surface area (Å²) in [7, 11) is 4.26. The lowest BCUT2D eigenvalue weighted by Crippen LogP contribution is -2.63. The first-order chi connectivity index (χ1) is 13.3. The molecule has 3 aliphatic rings. The van der Waals surface area contributed by atoms with Crippen LogP contribution in [0, 0.1) is 11.3 Å². The lowest BCUT2D eigenvalue weighted by Gasteiger charge is -2.56. The van der Waals surface area contributed by atoms with Crippen LogP contribution in [0.4, 0.5) is 0 Å². The van der Waals surface area contributed by atoms with Gasteiger partial charge in [-0.25, -0.2) is 9.59 Å². The lowest BCUT2D eigenvalue weighted by atomic mass is 9.52. The van der Waals surface area contributed by atoms with Gasteiger partial charge in [0.1, 0.15) is 11.5 Å². The van der Waals surface area contributed by atoms with Crippen molar-refractivity contribution in [2.75, 3.05) is 27.8 Å². The molecule has 2 aliphatic carbocycles. The van der Waals surface area contributed by atoms with Crippen LogP contribution in [0.25, 0.3) is 0 Å². The van der Waals surface area contributed by atoms with Crippen LogP contribution >= 0.6 is 0 Å². The van der Waals surface area contributed by atoms with Gasteiger partial charge in [-0.15, -0.1) is 0 Å². The molecule has 1 spiro atoms. The molecule has 0 radical (unpaired) electrons. The SMILES string of the molecule is COC(=O)/C1=C(\C(=O)OC)N(C)CC2CCCCC2(O)C2(CCCCC2=O)C1. The zero-order chi connectivity index (χ0) is 20.5. The number of carbonyl (C=O) groups is 3. The maximum Gasteiger partial charge on any atom is 0.354 e. The van der Waals surface area contributed by atoms with Crippen molar-refractivity contribution >= 4 is 17.7 Å². The Labute approximate surface area is 166 Å². The van der Waals surface area contributed by atoms with Crippen LogP contribution in [0.2, 0.25) is 0 Å². The van der Waals surface area contributed by atoms with Crippen LogP contribution in [0.15, 0.2) is 11.3 Å². The van der Waals surface area contributed by atoms with Crippen LogP contribution in [-0.4, -0.2) is 61.1 Å². The predicted molar refractivity (Wildman–Crippen MR) is 101 cm³/mol. The first-order valence-electron chi connectivity index (χ1n) is 10.2. The number of nitrogens with zero attached hydrogens (tertiary/aromatic N) is 1. The van der Waals surface area contributed by atoms with E-state index in [1.807, 2.05) is 0 Å². The summed E-state index contributed by atoms with van der Waals surface area (Å²) >= 11 is 0. The second-order valence-corrected chi connectivity index (χ2v) is 8.45. The van der Waals surface area contributed by atoms with Gasteiger partial charge in [-0.3, -0.25) is 4.79 Å². The molecule has 7 heteroatoms. The van der Waals surface area contributed by atoms with E-state index in [-0.39, 0.29) is 29.4 Å². The van der Waals surface area contributed by atoms with Crippen molar-refractivity contribution in [3.8, 4) is 0 Å². The van der Waals surface area contributed by atoms with Gasteiger partial charge in [-0.05, 0) is 32.1 Å². The topological polar surface area (TPSA) is 93.1 Å². The number of likely N-dealkylation sites (N-methyl/N-ethyl adjacent to an activating group) is 1. The summed E-state index contributed by atoms with van der Waals surface area (Å²) in [6.07, 6.45) is 5.71. The number of esters is 2. The Morgan fingerprint density at radius 2 is 1.75 bits per heavy atom. The highest BCUT2D eigenvalue weighted by molar-refractivity contribution is 6.01. The third-order valence-electron chi connectivity index (χ3n) is 7.11. The Hall–Kier alpha value is -1.89. The molecule has 1 aliphatic heterocycles. The van der Waals surface area contributed by atoms with Crippen LogP contribution in [0.5, 0.6) is 0 Å². The summed E-state index contributed by atoms with van der Waals surface area (Å²) in [5.74, 6) is -1.42. The summed E-state index contributed by atoms with van der Waals surface area (Å²) < 4.78 is 9.92. The number of fused-ring (bicyclic) bond motifs is 2. The number of aliphatic hydroxyl groups is 1. The van der Waals surface area contributed by atoms with Gasteiger partial charge >= 0.3 is 11.9 Å². The number of carbonyl (C=O) groups excluding carboxylic acids is 3. The average molecular weight is 393 g/mol. The summed E-state index contributed by atoms with van der Waals surface area (Å²) in [4.78, 5) is 40.3. The van der Waals surface area contributed by atoms with Gasteiger partial charge in [0.2, 0.25) is 0 Å². The molecule has 156 valence electrons. The molecule has 1 heterocycles. The number of ketones is 1. The second kappa shape index (κ2) is 7.85. The van der Waals surface area contributed by atoms with Crippen LogP contribution in [0.3, 0.4) is 0 Å². The molecular weight excluding hydrogens is 362 g/mol. The van der Waals surface area contributed by atoms with E-state index in [0.29, 0.717) is 25.8 Å². The average Bonchev–Trinajstić information content (AvgIpc) is 2.69. The maximum absolute atomic E-state index is 13.3. The third-order valence-corrected chi connectivity index (χ3v) is 7.11. The fraction of sp³-hybridized carbons (Fsp3) is 0.762. The maximum atomic E-state index is 13.3. The smallest absolute Gasteiger partial charge is 0.354 e.